The van der Waals surface area contributed by atoms with Gasteiger partial charge in [0.15, 0.2) is 0 Å². The van der Waals surface area contributed by atoms with Gasteiger partial charge in [0.25, 0.3) is 0 Å². The molecule has 2 rings (SSSR count). The molecule has 20 heavy (non-hydrogen) atoms. The van der Waals surface area contributed by atoms with E-state index in [4.69, 9.17) is 10.5 Å². The summed E-state index contributed by atoms with van der Waals surface area (Å²) in [5, 5.41) is 3.51. The van der Waals surface area contributed by atoms with Gasteiger partial charge in [0.1, 0.15) is 0 Å². The number of carbonyl (C=O) groups is 1. The van der Waals surface area contributed by atoms with Crippen molar-refractivity contribution in [2.75, 3.05) is 18.2 Å². The number of rotatable bonds is 3. The summed E-state index contributed by atoms with van der Waals surface area (Å²) < 4.78 is 4.83. The van der Waals surface area contributed by atoms with Gasteiger partial charge in [-0.15, -0.1) is 0 Å². The number of methoxy groups -OCH3 is 1. The summed E-state index contributed by atoms with van der Waals surface area (Å²) in [7, 11) is 1.39. The number of ether oxygens (including phenoxy) is 1. The number of hydrogen-bond donors (Lipinski definition) is 2. The molecule has 1 aliphatic carbocycles. The number of carbonyl (C=O) groups excluding carboxylic acids is 1. The normalized spacial score (nSPS) is 26.1. The van der Waals surface area contributed by atoms with E-state index in [0.29, 0.717) is 23.2 Å². The molecular formula is C16H24N2O2. The lowest BCUT2D eigenvalue weighted by Gasteiger charge is -2.34. The van der Waals surface area contributed by atoms with E-state index in [1.165, 1.54) is 20.0 Å². The second kappa shape index (κ2) is 6.16. The highest BCUT2D eigenvalue weighted by molar-refractivity contribution is 5.96. The highest BCUT2D eigenvalue weighted by Crippen LogP contribution is 2.32. The maximum Gasteiger partial charge on any atom is 0.340 e. The van der Waals surface area contributed by atoms with Crippen LogP contribution >= 0.6 is 0 Å². The van der Waals surface area contributed by atoms with Gasteiger partial charge >= 0.3 is 5.97 Å². The molecular weight excluding hydrogens is 252 g/mol. The third-order valence-electron chi connectivity index (χ3n) is 4.22. The van der Waals surface area contributed by atoms with E-state index in [0.717, 1.165) is 18.0 Å². The van der Waals surface area contributed by atoms with Crippen LogP contribution in [0.5, 0.6) is 0 Å². The molecule has 4 heteroatoms. The second-order valence-corrected chi connectivity index (χ2v) is 5.94. The van der Waals surface area contributed by atoms with E-state index in [-0.39, 0.29) is 5.97 Å². The fourth-order valence-electron chi connectivity index (χ4n) is 3.05. The first-order valence-electron chi connectivity index (χ1n) is 7.25. The maximum absolute atomic E-state index is 11.8. The van der Waals surface area contributed by atoms with Gasteiger partial charge in [0, 0.05) is 17.4 Å². The fraction of sp³-hybridized carbons (Fsp3) is 0.562. The molecule has 0 aromatic heterocycles. The zero-order valence-corrected chi connectivity index (χ0v) is 12.5. The first-order chi connectivity index (χ1) is 9.51. The van der Waals surface area contributed by atoms with Crippen LogP contribution in [0.25, 0.3) is 0 Å². The Morgan fingerprint density at radius 2 is 2.10 bits per heavy atom. The van der Waals surface area contributed by atoms with Crippen LogP contribution in [0.2, 0.25) is 0 Å². The number of benzene rings is 1. The van der Waals surface area contributed by atoms with Crippen molar-refractivity contribution in [3.05, 3.63) is 23.8 Å². The minimum atomic E-state index is -0.350. The molecule has 1 aromatic rings. The molecule has 0 aliphatic heterocycles. The average molecular weight is 276 g/mol. The first kappa shape index (κ1) is 14.7. The molecule has 1 saturated carbocycles. The third kappa shape index (κ3) is 3.24. The Bertz CT molecular complexity index is 487. The van der Waals surface area contributed by atoms with E-state index in [9.17, 15) is 4.79 Å². The van der Waals surface area contributed by atoms with Crippen LogP contribution in [0, 0.1) is 11.8 Å². The van der Waals surface area contributed by atoms with Crippen LogP contribution in [-0.4, -0.2) is 19.1 Å². The molecule has 0 bridgehead atoms. The molecule has 0 heterocycles. The van der Waals surface area contributed by atoms with Gasteiger partial charge in [-0.3, -0.25) is 0 Å². The smallest absolute Gasteiger partial charge is 0.340 e. The van der Waals surface area contributed by atoms with Gasteiger partial charge in [0.2, 0.25) is 0 Å². The first-order valence-corrected chi connectivity index (χ1v) is 7.25. The average Bonchev–Trinajstić information content (AvgIpc) is 2.42. The lowest BCUT2D eigenvalue weighted by atomic mass is 9.79. The third-order valence-corrected chi connectivity index (χ3v) is 4.22. The molecule has 1 fully saturated rings. The molecule has 0 radical (unpaired) electrons. The van der Waals surface area contributed by atoms with Crippen molar-refractivity contribution in [1.29, 1.82) is 0 Å². The second-order valence-electron chi connectivity index (χ2n) is 5.94. The Morgan fingerprint density at radius 1 is 1.35 bits per heavy atom. The summed E-state index contributed by atoms with van der Waals surface area (Å²) in [6.45, 7) is 4.57. The van der Waals surface area contributed by atoms with Crippen molar-refractivity contribution < 1.29 is 9.53 Å². The zero-order valence-electron chi connectivity index (χ0n) is 12.5. The van der Waals surface area contributed by atoms with Crippen LogP contribution in [0.3, 0.4) is 0 Å². The molecule has 1 aromatic carbocycles. The summed E-state index contributed by atoms with van der Waals surface area (Å²) >= 11 is 0. The predicted octanol–water partition coefficient (Wildman–Crippen LogP) is 3.29. The maximum atomic E-state index is 11.8. The van der Waals surface area contributed by atoms with Crippen molar-refractivity contribution in [2.24, 2.45) is 11.8 Å². The van der Waals surface area contributed by atoms with E-state index >= 15 is 0 Å². The summed E-state index contributed by atoms with van der Waals surface area (Å²) in [6, 6.07) is 5.75. The number of nitrogen functional groups attached to an aromatic ring is 1. The fourth-order valence-corrected chi connectivity index (χ4v) is 3.05. The zero-order chi connectivity index (χ0) is 14.7. The molecule has 0 amide bonds. The highest BCUT2D eigenvalue weighted by atomic mass is 16.5. The van der Waals surface area contributed by atoms with Gasteiger partial charge in [-0.25, -0.2) is 4.79 Å². The molecule has 0 saturated heterocycles. The van der Waals surface area contributed by atoms with Crippen molar-refractivity contribution in [1.82, 2.24) is 0 Å². The highest BCUT2D eigenvalue weighted by Gasteiger charge is 2.26. The van der Waals surface area contributed by atoms with Crippen LogP contribution in [0.1, 0.15) is 43.5 Å². The molecule has 3 unspecified atom stereocenters. The molecule has 1 aliphatic rings. The molecule has 0 spiro atoms. The number of esters is 1. The van der Waals surface area contributed by atoms with Crippen LogP contribution in [-0.2, 0) is 4.74 Å². The topological polar surface area (TPSA) is 64.3 Å². The summed E-state index contributed by atoms with van der Waals surface area (Å²) in [5.41, 5.74) is 7.66. The van der Waals surface area contributed by atoms with Gasteiger partial charge < -0.3 is 15.8 Å². The Hall–Kier alpha value is -1.71. The Kier molecular flexibility index (Phi) is 4.53. The van der Waals surface area contributed by atoms with Crippen molar-refractivity contribution in [3.8, 4) is 0 Å². The van der Waals surface area contributed by atoms with Crippen LogP contribution in [0.4, 0.5) is 11.4 Å². The van der Waals surface area contributed by atoms with Crippen molar-refractivity contribution in [2.45, 2.75) is 39.2 Å². The minimum absolute atomic E-state index is 0.350. The number of hydrogen-bond acceptors (Lipinski definition) is 4. The Labute approximate surface area is 120 Å². The lowest BCUT2D eigenvalue weighted by molar-refractivity contribution is 0.0601. The SMILES string of the molecule is COC(=O)c1cc(N)ccc1NC1CCC(C)CC1C. The van der Waals surface area contributed by atoms with Gasteiger partial charge in [-0.05, 0) is 49.3 Å². The monoisotopic (exact) mass is 276 g/mol. The largest absolute Gasteiger partial charge is 0.465 e. The van der Waals surface area contributed by atoms with E-state index in [1.807, 2.05) is 12.1 Å². The standard InChI is InChI=1S/C16H24N2O2/c1-10-4-6-14(11(2)8-10)18-15-7-5-12(17)9-13(15)16(19)20-3/h5,7,9-11,14,18H,4,6,8,17H2,1-3H3. The molecule has 4 nitrogen and oxygen atoms in total. The van der Waals surface area contributed by atoms with Gasteiger partial charge in [0.05, 0.1) is 12.7 Å². The number of nitrogens with one attached hydrogen (secondary N) is 1. The van der Waals surface area contributed by atoms with Gasteiger partial charge in [-0.1, -0.05) is 13.8 Å². The molecule has 110 valence electrons. The summed E-state index contributed by atoms with van der Waals surface area (Å²) in [5.74, 6) is 1.04. The van der Waals surface area contributed by atoms with Crippen LogP contribution < -0.4 is 11.1 Å². The quantitative estimate of drug-likeness (QED) is 0.657. The van der Waals surface area contributed by atoms with E-state index in [2.05, 4.69) is 19.2 Å². The summed E-state index contributed by atoms with van der Waals surface area (Å²) in [6.07, 6.45) is 3.58. The number of nitrogens with two attached hydrogens (primary N) is 1. The molecule has 3 atom stereocenters. The van der Waals surface area contributed by atoms with Crippen LogP contribution in [0.15, 0.2) is 18.2 Å². The number of anilines is 2. The predicted molar refractivity (Wildman–Crippen MR) is 81.8 cm³/mol. The lowest BCUT2D eigenvalue weighted by Crippen LogP contribution is -2.33. The van der Waals surface area contributed by atoms with E-state index in [1.54, 1.807) is 6.07 Å². The molecule has 3 N–H and O–H groups in total. The Balaban J connectivity index is 2.18. The summed E-state index contributed by atoms with van der Waals surface area (Å²) in [4.78, 5) is 11.8. The van der Waals surface area contributed by atoms with E-state index < -0.39 is 0 Å². The van der Waals surface area contributed by atoms with Crippen molar-refractivity contribution >= 4 is 17.3 Å². The van der Waals surface area contributed by atoms with Crippen molar-refractivity contribution in [3.63, 3.8) is 0 Å². The van der Waals surface area contributed by atoms with Gasteiger partial charge in [-0.2, -0.15) is 0 Å². The Morgan fingerprint density at radius 3 is 2.75 bits per heavy atom. The minimum Gasteiger partial charge on any atom is -0.465 e.